The van der Waals surface area contributed by atoms with Crippen molar-refractivity contribution in [3.8, 4) is 5.75 Å². The first-order valence-electron chi connectivity index (χ1n) is 11.0. The second-order valence-electron chi connectivity index (χ2n) is 8.40. The van der Waals surface area contributed by atoms with Gasteiger partial charge in [-0.25, -0.2) is 0 Å². The smallest absolute Gasteiger partial charge is 0.310 e. The lowest BCUT2D eigenvalue weighted by atomic mass is 9.97. The standard InChI is InChI=1S/C26H26N2O4/c1-31-26(30)20-6-4-14-27(15-20)25(29)19-8-11-21(12-9-19)28-16-23-22-7-3-2-5-18(22)10-13-24(23)32-17-28/h2-3,5,7-13,20H,4,6,14-17H2,1H3. The van der Waals surface area contributed by atoms with E-state index in [4.69, 9.17) is 9.47 Å². The monoisotopic (exact) mass is 430 g/mol. The number of fused-ring (bicyclic) bond motifs is 3. The van der Waals surface area contributed by atoms with Crippen LogP contribution in [0.5, 0.6) is 5.75 Å². The van der Waals surface area contributed by atoms with Crippen LogP contribution in [0.3, 0.4) is 0 Å². The molecule has 1 amide bonds. The van der Waals surface area contributed by atoms with Crippen molar-refractivity contribution in [2.75, 3.05) is 31.8 Å². The number of likely N-dealkylation sites (tertiary alicyclic amines) is 1. The van der Waals surface area contributed by atoms with E-state index in [9.17, 15) is 9.59 Å². The zero-order valence-corrected chi connectivity index (χ0v) is 18.1. The van der Waals surface area contributed by atoms with Crippen LogP contribution in [0.15, 0.2) is 60.7 Å². The molecule has 0 saturated carbocycles. The Morgan fingerprint density at radius 2 is 1.84 bits per heavy atom. The Kier molecular flexibility index (Phi) is 5.43. The Morgan fingerprint density at radius 3 is 2.66 bits per heavy atom. The highest BCUT2D eigenvalue weighted by molar-refractivity contribution is 5.95. The first-order valence-corrected chi connectivity index (χ1v) is 11.0. The summed E-state index contributed by atoms with van der Waals surface area (Å²) in [4.78, 5) is 28.8. The van der Waals surface area contributed by atoms with Gasteiger partial charge in [0.1, 0.15) is 5.75 Å². The molecule has 3 aromatic rings. The van der Waals surface area contributed by atoms with E-state index < -0.39 is 0 Å². The molecular formula is C26H26N2O4. The van der Waals surface area contributed by atoms with Crippen molar-refractivity contribution in [1.82, 2.24) is 4.90 Å². The molecule has 2 heterocycles. The molecule has 0 radical (unpaired) electrons. The molecule has 0 aromatic heterocycles. The Balaban J connectivity index is 1.32. The third-order valence-corrected chi connectivity index (χ3v) is 6.44. The molecule has 1 fully saturated rings. The molecule has 6 heteroatoms. The van der Waals surface area contributed by atoms with Crippen LogP contribution >= 0.6 is 0 Å². The zero-order chi connectivity index (χ0) is 22.1. The molecule has 2 aliphatic heterocycles. The highest BCUT2D eigenvalue weighted by Crippen LogP contribution is 2.34. The van der Waals surface area contributed by atoms with E-state index >= 15 is 0 Å². The van der Waals surface area contributed by atoms with Crippen LogP contribution in [-0.2, 0) is 16.1 Å². The van der Waals surface area contributed by atoms with Crippen LogP contribution in [0.25, 0.3) is 10.8 Å². The number of carbonyl (C=O) groups excluding carboxylic acids is 2. The summed E-state index contributed by atoms with van der Waals surface area (Å²) in [6, 6.07) is 20.1. The third-order valence-electron chi connectivity index (χ3n) is 6.44. The van der Waals surface area contributed by atoms with E-state index in [0.717, 1.165) is 30.8 Å². The Morgan fingerprint density at radius 1 is 1.03 bits per heavy atom. The van der Waals surface area contributed by atoms with E-state index in [1.807, 2.05) is 42.5 Å². The molecule has 1 unspecified atom stereocenters. The van der Waals surface area contributed by atoms with Crippen molar-refractivity contribution in [2.45, 2.75) is 19.4 Å². The number of ether oxygens (including phenoxy) is 2. The van der Waals surface area contributed by atoms with Crippen molar-refractivity contribution in [3.63, 3.8) is 0 Å². The fourth-order valence-electron chi connectivity index (χ4n) is 4.68. The summed E-state index contributed by atoms with van der Waals surface area (Å²) in [6.07, 6.45) is 1.57. The number of hydrogen-bond donors (Lipinski definition) is 0. The largest absolute Gasteiger partial charge is 0.473 e. The minimum atomic E-state index is -0.240. The Bertz CT molecular complexity index is 1160. The molecule has 1 saturated heterocycles. The molecule has 0 aliphatic carbocycles. The number of hydrogen-bond acceptors (Lipinski definition) is 5. The molecule has 2 aliphatic rings. The molecule has 0 spiro atoms. The van der Waals surface area contributed by atoms with Crippen LogP contribution < -0.4 is 9.64 Å². The van der Waals surface area contributed by atoms with Crippen LogP contribution in [0.2, 0.25) is 0 Å². The summed E-state index contributed by atoms with van der Waals surface area (Å²) in [5, 5.41) is 2.40. The van der Waals surface area contributed by atoms with Gasteiger partial charge in [0.25, 0.3) is 5.91 Å². The van der Waals surface area contributed by atoms with Crippen LogP contribution in [-0.4, -0.2) is 43.7 Å². The molecule has 6 nitrogen and oxygen atoms in total. The lowest BCUT2D eigenvalue weighted by Gasteiger charge is -2.32. The van der Waals surface area contributed by atoms with E-state index in [1.165, 1.54) is 23.4 Å². The van der Waals surface area contributed by atoms with Crippen molar-refractivity contribution >= 4 is 28.3 Å². The normalized spacial score (nSPS) is 18.1. The van der Waals surface area contributed by atoms with Crippen molar-refractivity contribution in [2.24, 2.45) is 5.92 Å². The number of rotatable bonds is 3. The zero-order valence-electron chi connectivity index (χ0n) is 18.1. The highest BCUT2D eigenvalue weighted by Gasteiger charge is 2.29. The lowest BCUT2D eigenvalue weighted by Crippen LogP contribution is -2.42. The fourth-order valence-corrected chi connectivity index (χ4v) is 4.68. The Labute approximate surface area is 187 Å². The lowest BCUT2D eigenvalue weighted by molar-refractivity contribution is -0.146. The fraction of sp³-hybridized carbons (Fsp3) is 0.308. The van der Waals surface area contributed by atoms with Gasteiger partial charge in [0.05, 0.1) is 19.6 Å². The first kappa shape index (κ1) is 20.4. The number of methoxy groups -OCH3 is 1. The van der Waals surface area contributed by atoms with Gasteiger partial charge in [0.2, 0.25) is 0 Å². The molecule has 32 heavy (non-hydrogen) atoms. The van der Waals surface area contributed by atoms with Gasteiger partial charge in [0, 0.05) is 29.9 Å². The van der Waals surface area contributed by atoms with Gasteiger partial charge in [-0.3, -0.25) is 9.59 Å². The number of piperidine rings is 1. The summed E-state index contributed by atoms with van der Waals surface area (Å²) in [6.45, 7) is 2.29. The molecule has 164 valence electrons. The summed E-state index contributed by atoms with van der Waals surface area (Å²) in [5.74, 6) is 0.404. The minimum absolute atomic E-state index is 0.0450. The number of benzene rings is 3. The summed E-state index contributed by atoms with van der Waals surface area (Å²) >= 11 is 0. The summed E-state index contributed by atoms with van der Waals surface area (Å²) < 4.78 is 10.9. The van der Waals surface area contributed by atoms with E-state index in [2.05, 4.69) is 23.1 Å². The SMILES string of the molecule is COC(=O)C1CCCN(C(=O)c2ccc(N3COc4ccc5ccccc5c4C3)cc2)C1. The predicted octanol–water partition coefficient (Wildman–Crippen LogP) is 4.22. The van der Waals surface area contributed by atoms with E-state index in [1.54, 1.807) is 4.90 Å². The number of esters is 1. The topological polar surface area (TPSA) is 59.1 Å². The summed E-state index contributed by atoms with van der Waals surface area (Å²) in [7, 11) is 1.40. The molecule has 5 rings (SSSR count). The maximum Gasteiger partial charge on any atom is 0.310 e. The first-order chi connectivity index (χ1) is 15.6. The van der Waals surface area contributed by atoms with E-state index in [-0.39, 0.29) is 17.8 Å². The maximum absolute atomic E-state index is 13.0. The van der Waals surface area contributed by atoms with Gasteiger partial charge in [0.15, 0.2) is 6.73 Å². The molecular weight excluding hydrogens is 404 g/mol. The van der Waals surface area contributed by atoms with Gasteiger partial charge >= 0.3 is 5.97 Å². The van der Waals surface area contributed by atoms with Crippen molar-refractivity contribution in [1.29, 1.82) is 0 Å². The number of nitrogens with zero attached hydrogens (tertiary/aromatic N) is 2. The van der Waals surface area contributed by atoms with Gasteiger partial charge < -0.3 is 19.3 Å². The van der Waals surface area contributed by atoms with Gasteiger partial charge in [-0.1, -0.05) is 30.3 Å². The molecule has 0 N–H and O–H groups in total. The average molecular weight is 431 g/mol. The van der Waals surface area contributed by atoms with Gasteiger partial charge in [-0.2, -0.15) is 0 Å². The minimum Gasteiger partial charge on any atom is -0.473 e. The molecule has 0 bridgehead atoms. The average Bonchev–Trinajstić information content (AvgIpc) is 2.87. The highest BCUT2D eigenvalue weighted by atomic mass is 16.5. The van der Waals surface area contributed by atoms with Gasteiger partial charge in [-0.15, -0.1) is 0 Å². The van der Waals surface area contributed by atoms with Crippen molar-refractivity contribution in [3.05, 3.63) is 71.8 Å². The van der Waals surface area contributed by atoms with E-state index in [0.29, 0.717) is 25.4 Å². The number of anilines is 1. The molecule has 3 aromatic carbocycles. The van der Waals surface area contributed by atoms with Gasteiger partial charge in [-0.05, 0) is 53.9 Å². The van der Waals surface area contributed by atoms with Crippen LogP contribution in [0, 0.1) is 5.92 Å². The second-order valence-corrected chi connectivity index (χ2v) is 8.40. The maximum atomic E-state index is 13.0. The Hall–Kier alpha value is -3.54. The summed E-state index contributed by atoms with van der Waals surface area (Å²) in [5.41, 5.74) is 2.81. The predicted molar refractivity (Wildman–Crippen MR) is 123 cm³/mol. The number of amides is 1. The quantitative estimate of drug-likeness (QED) is 0.583. The van der Waals surface area contributed by atoms with Crippen molar-refractivity contribution < 1.29 is 19.1 Å². The van der Waals surface area contributed by atoms with Crippen LogP contribution in [0.4, 0.5) is 5.69 Å². The number of carbonyl (C=O) groups is 2. The second kappa shape index (κ2) is 8.54. The third kappa shape index (κ3) is 3.77. The van der Waals surface area contributed by atoms with Crippen LogP contribution in [0.1, 0.15) is 28.8 Å². The molecule has 1 atom stereocenters.